The van der Waals surface area contributed by atoms with Gasteiger partial charge in [0.1, 0.15) is 25.1 Å². The molecule has 0 amide bonds. The second-order valence-electron chi connectivity index (χ2n) is 5.16. The first-order valence-corrected chi connectivity index (χ1v) is 7.40. The number of nitrogens with zero attached hydrogens (tertiary/aromatic N) is 1. The molecule has 1 unspecified atom stereocenters. The first-order valence-electron chi connectivity index (χ1n) is 7.40. The Bertz CT molecular complexity index is 519. The molecule has 0 bridgehead atoms. The number of ether oxygens (including phenoxy) is 2. The van der Waals surface area contributed by atoms with Crippen molar-refractivity contribution in [1.29, 1.82) is 0 Å². The quantitative estimate of drug-likeness (QED) is 0.852. The summed E-state index contributed by atoms with van der Waals surface area (Å²) in [6.07, 6.45) is 0.0960. The molecule has 1 aliphatic heterocycles. The van der Waals surface area contributed by atoms with Gasteiger partial charge in [-0.15, -0.1) is 0 Å². The van der Waals surface area contributed by atoms with Gasteiger partial charge in [0, 0.05) is 13.1 Å². The zero-order chi connectivity index (χ0) is 15.1. The molecule has 1 N–H and O–H groups in total. The predicted molar refractivity (Wildman–Crippen MR) is 82.5 cm³/mol. The standard InChI is InChI=1S/C17H23NO3/c1-3-18-8-10-20-16(12-18)13-21-17-7-6-14(2)11-15(17)5-4-9-19/h6-7,11,16,19H,3,8-10,12-13H2,1-2H3. The first-order chi connectivity index (χ1) is 10.2. The highest BCUT2D eigenvalue weighted by atomic mass is 16.5. The Labute approximate surface area is 126 Å². The monoisotopic (exact) mass is 289 g/mol. The fourth-order valence-electron chi connectivity index (χ4n) is 2.35. The summed E-state index contributed by atoms with van der Waals surface area (Å²) < 4.78 is 11.6. The SMILES string of the molecule is CCN1CCOC(COc2ccc(C)cc2C#CCO)C1. The van der Waals surface area contributed by atoms with Crippen molar-refractivity contribution >= 4 is 0 Å². The molecule has 2 rings (SSSR count). The highest BCUT2D eigenvalue weighted by Gasteiger charge is 2.20. The van der Waals surface area contributed by atoms with Crippen LogP contribution >= 0.6 is 0 Å². The van der Waals surface area contributed by atoms with Crippen LogP contribution in [0.4, 0.5) is 0 Å². The fourth-order valence-corrected chi connectivity index (χ4v) is 2.35. The second kappa shape index (κ2) is 8.04. The van der Waals surface area contributed by atoms with E-state index in [-0.39, 0.29) is 12.7 Å². The summed E-state index contributed by atoms with van der Waals surface area (Å²) in [7, 11) is 0. The van der Waals surface area contributed by atoms with Crippen molar-refractivity contribution in [2.45, 2.75) is 20.0 Å². The van der Waals surface area contributed by atoms with Gasteiger partial charge in [0.25, 0.3) is 0 Å². The number of aryl methyl sites for hydroxylation is 1. The van der Waals surface area contributed by atoms with E-state index in [4.69, 9.17) is 14.6 Å². The third-order valence-corrected chi connectivity index (χ3v) is 3.53. The highest BCUT2D eigenvalue weighted by Crippen LogP contribution is 2.20. The minimum absolute atomic E-state index is 0.0960. The van der Waals surface area contributed by atoms with Crippen LogP contribution in [0.15, 0.2) is 18.2 Å². The van der Waals surface area contributed by atoms with Crippen LogP contribution in [0.2, 0.25) is 0 Å². The first kappa shape index (κ1) is 15.8. The summed E-state index contributed by atoms with van der Waals surface area (Å²) >= 11 is 0. The number of likely N-dealkylation sites (N-methyl/N-ethyl adjacent to an activating group) is 1. The lowest BCUT2D eigenvalue weighted by atomic mass is 10.1. The summed E-state index contributed by atoms with van der Waals surface area (Å²) in [5, 5.41) is 8.84. The number of hydrogen-bond donors (Lipinski definition) is 1. The van der Waals surface area contributed by atoms with Crippen molar-refractivity contribution in [1.82, 2.24) is 4.90 Å². The largest absolute Gasteiger partial charge is 0.490 e. The third kappa shape index (κ3) is 4.75. The fraction of sp³-hybridized carbons (Fsp3) is 0.529. The Morgan fingerprint density at radius 2 is 2.33 bits per heavy atom. The van der Waals surface area contributed by atoms with Crippen molar-refractivity contribution in [2.75, 3.05) is 39.5 Å². The lowest BCUT2D eigenvalue weighted by Crippen LogP contribution is -2.44. The molecule has 21 heavy (non-hydrogen) atoms. The van der Waals surface area contributed by atoms with Gasteiger partial charge in [-0.25, -0.2) is 0 Å². The van der Waals surface area contributed by atoms with Crippen LogP contribution in [0, 0.1) is 18.8 Å². The van der Waals surface area contributed by atoms with Gasteiger partial charge in [0.05, 0.1) is 12.2 Å². The van der Waals surface area contributed by atoms with Crippen LogP contribution in [0.1, 0.15) is 18.1 Å². The van der Waals surface area contributed by atoms with E-state index >= 15 is 0 Å². The number of hydrogen-bond acceptors (Lipinski definition) is 4. The molecule has 1 fully saturated rings. The molecule has 4 heteroatoms. The van der Waals surface area contributed by atoms with Gasteiger partial charge in [0.2, 0.25) is 0 Å². The Morgan fingerprint density at radius 3 is 3.10 bits per heavy atom. The number of benzene rings is 1. The summed E-state index contributed by atoms with van der Waals surface area (Å²) in [6.45, 7) is 8.23. The molecule has 4 nitrogen and oxygen atoms in total. The molecule has 1 heterocycles. The Kier molecular flexibility index (Phi) is 6.06. The van der Waals surface area contributed by atoms with E-state index in [2.05, 4.69) is 23.7 Å². The summed E-state index contributed by atoms with van der Waals surface area (Å²) in [4.78, 5) is 2.36. The number of aliphatic hydroxyl groups is 1. The van der Waals surface area contributed by atoms with Crippen LogP contribution in [-0.4, -0.2) is 55.6 Å². The van der Waals surface area contributed by atoms with Crippen LogP contribution < -0.4 is 4.74 Å². The molecule has 1 aromatic rings. The van der Waals surface area contributed by atoms with Crippen LogP contribution in [0.5, 0.6) is 5.75 Å². The number of morpholine rings is 1. The lowest BCUT2D eigenvalue weighted by molar-refractivity contribution is -0.0464. The lowest BCUT2D eigenvalue weighted by Gasteiger charge is -2.31. The van der Waals surface area contributed by atoms with Gasteiger partial charge in [-0.05, 0) is 31.2 Å². The van der Waals surface area contributed by atoms with E-state index in [1.165, 1.54) is 0 Å². The Hall–Kier alpha value is -1.54. The van der Waals surface area contributed by atoms with Gasteiger partial charge < -0.3 is 14.6 Å². The average molecular weight is 289 g/mol. The summed E-state index contributed by atoms with van der Waals surface area (Å²) in [6, 6.07) is 5.90. The van der Waals surface area contributed by atoms with Gasteiger partial charge in [-0.2, -0.15) is 0 Å². The molecule has 1 atom stereocenters. The van der Waals surface area contributed by atoms with Gasteiger partial charge >= 0.3 is 0 Å². The minimum Gasteiger partial charge on any atom is -0.490 e. The van der Waals surface area contributed by atoms with Gasteiger partial charge in [0.15, 0.2) is 0 Å². The van der Waals surface area contributed by atoms with Crippen molar-refractivity contribution in [3.63, 3.8) is 0 Å². The van der Waals surface area contributed by atoms with Crippen molar-refractivity contribution < 1.29 is 14.6 Å². The number of rotatable bonds is 4. The second-order valence-corrected chi connectivity index (χ2v) is 5.16. The average Bonchev–Trinajstić information content (AvgIpc) is 2.52. The zero-order valence-corrected chi connectivity index (χ0v) is 12.8. The van der Waals surface area contributed by atoms with Crippen LogP contribution in [0.3, 0.4) is 0 Å². The Balaban J connectivity index is 1.99. The number of aliphatic hydroxyl groups excluding tert-OH is 1. The predicted octanol–water partition coefficient (Wildman–Crippen LogP) is 1.44. The Morgan fingerprint density at radius 1 is 1.48 bits per heavy atom. The molecule has 0 radical (unpaired) electrons. The van der Waals surface area contributed by atoms with Crippen molar-refractivity contribution in [2.24, 2.45) is 0 Å². The molecule has 0 aliphatic carbocycles. The topological polar surface area (TPSA) is 41.9 Å². The maximum absolute atomic E-state index is 8.84. The molecule has 1 aliphatic rings. The molecular formula is C17H23NO3. The van der Waals surface area contributed by atoms with E-state index in [0.29, 0.717) is 6.61 Å². The maximum Gasteiger partial charge on any atom is 0.135 e. The summed E-state index contributed by atoms with van der Waals surface area (Å²) in [5.41, 5.74) is 1.93. The zero-order valence-electron chi connectivity index (χ0n) is 12.8. The van der Waals surface area contributed by atoms with E-state index in [0.717, 1.165) is 43.1 Å². The van der Waals surface area contributed by atoms with Gasteiger partial charge in [-0.1, -0.05) is 24.8 Å². The normalized spacial score (nSPS) is 18.9. The molecule has 0 aromatic heterocycles. The van der Waals surface area contributed by atoms with Crippen LogP contribution in [-0.2, 0) is 4.74 Å². The smallest absolute Gasteiger partial charge is 0.135 e. The van der Waals surface area contributed by atoms with Crippen molar-refractivity contribution in [3.05, 3.63) is 29.3 Å². The minimum atomic E-state index is -0.148. The third-order valence-electron chi connectivity index (χ3n) is 3.53. The van der Waals surface area contributed by atoms with E-state index in [9.17, 15) is 0 Å². The van der Waals surface area contributed by atoms with E-state index in [1.807, 2.05) is 25.1 Å². The molecule has 114 valence electrons. The van der Waals surface area contributed by atoms with Crippen LogP contribution in [0.25, 0.3) is 0 Å². The highest BCUT2D eigenvalue weighted by molar-refractivity contribution is 5.48. The van der Waals surface area contributed by atoms with E-state index < -0.39 is 0 Å². The molecule has 0 saturated carbocycles. The van der Waals surface area contributed by atoms with E-state index in [1.54, 1.807) is 0 Å². The molecule has 0 spiro atoms. The molecular weight excluding hydrogens is 266 g/mol. The summed E-state index contributed by atoms with van der Waals surface area (Å²) in [5.74, 6) is 6.36. The van der Waals surface area contributed by atoms with Gasteiger partial charge in [-0.3, -0.25) is 4.90 Å². The van der Waals surface area contributed by atoms with Crippen molar-refractivity contribution in [3.8, 4) is 17.6 Å². The molecule has 1 saturated heterocycles. The maximum atomic E-state index is 8.84. The molecule has 1 aromatic carbocycles.